The van der Waals surface area contributed by atoms with Crippen molar-refractivity contribution in [1.82, 2.24) is 9.97 Å². The largest absolute Gasteiger partial charge is 0.493 e. The quantitative estimate of drug-likeness (QED) is 0.679. The first-order valence-corrected chi connectivity index (χ1v) is 10.6. The second-order valence-corrected chi connectivity index (χ2v) is 8.21. The molecule has 0 spiro atoms. The number of nitrogens with one attached hydrogen (secondary N) is 1. The fourth-order valence-electron chi connectivity index (χ4n) is 4.70. The van der Waals surface area contributed by atoms with Crippen LogP contribution in [-0.2, 0) is 19.3 Å². The molecule has 1 heterocycles. The Morgan fingerprint density at radius 3 is 2.39 bits per heavy atom. The number of aromatic nitrogens is 2. The lowest BCUT2D eigenvalue weighted by Gasteiger charge is -2.24. The van der Waals surface area contributed by atoms with Crippen LogP contribution in [0.25, 0.3) is 0 Å². The third kappa shape index (κ3) is 3.74. The summed E-state index contributed by atoms with van der Waals surface area (Å²) in [5.74, 6) is 2.08. The number of fused-ring (bicyclic) bond motifs is 2. The van der Waals surface area contributed by atoms with Crippen LogP contribution in [0.3, 0.4) is 0 Å². The number of ether oxygens (including phenoxy) is 2. The molecule has 6 heteroatoms. The molecule has 1 aromatic heterocycles. The van der Waals surface area contributed by atoms with E-state index >= 15 is 0 Å². The summed E-state index contributed by atoms with van der Waals surface area (Å²) in [4.78, 5) is 22.0. The zero-order valence-electron chi connectivity index (χ0n) is 17.7. The van der Waals surface area contributed by atoms with E-state index in [2.05, 4.69) is 34.6 Å². The van der Waals surface area contributed by atoms with Crippen molar-refractivity contribution in [2.45, 2.75) is 37.6 Å². The van der Waals surface area contributed by atoms with Crippen molar-refractivity contribution >= 4 is 11.7 Å². The maximum Gasteiger partial charge on any atom is 0.223 e. The number of nitrogens with zero attached hydrogens (tertiary/aromatic N) is 2. The van der Waals surface area contributed by atoms with Crippen LogP contribution < -0.4 is 14.8 Å². The van der Waals surface area contributed by atoms with Crippen LogP contribution in [0.2, 0.25) is 0 Å². The number of methoxy groups -OCH3 is 2. The summed E-state index contributed by atoms with van der Waals surface area (Å²) in [7, 11) is 3.24. The zero-order chi connectivity index (χ0) is 21.4. The number of ketones is 1. The molecule has 3 aromatic rings. The molecule has 0 radical (unpaired) electrons. The van der Waals surface area contributed by atoms with Gasteiger partial charge in [0.05, 0.1) is 25.5 Å². The van der Waals surface area contributed by atoms with Crippen molar-refractivity contribution < 1.29 is 14.3 Å². The molecule has 6 nitrogen and oxygen atoms in total. The van der Waals surface area contributed by atoms with Gasteiger partial charge in [0.25, 0.3) is 0 Å². The lowest BCUT2D eigenvalue weighted by Crippen LogP contribution is -2.24. The van der Waals surface area contributed by atoms with E-state index in [1.807, 2.05) is 18.2 Å². The summed E-state index contributed by atoms with van der Waals surface area (Å²) in [6.45, 7) is 0. The molecule has 2 aromatic carbocycles. The Bertz CT molecular complexity index is 1120. The van der Waals surface area contributed by atoms with Gasteiger partial charge in [-0.3, -0.25) is 4.79 Å². The molecular weight excluding hydrogens is 390 g/mol. The van der Waals surface area contributed by atoms with Gasteiger partial charge in [-0.2, -0.15) is 0 Å². The maximum atomic E-state index is 12.8. The maximum absolute atomic E-state index is 12.8. The molecular formula is C25H25N3O3. The van der Waals surface area contributed by atoms with Gasteiger partial charge in [0.1, 0.15) is 0 Å². The van der Waals surface area contributed by atoms with Crippen LogP contribution in [-0.4, -0.2) is 36.0 Å². The molecule has 158 valence electrons. The Hall–Kier alpha value is -3.41. The Balaban J connectivity index is 1.36. The molecule has 0 saturated heterocycles. The summed E-state index contributed by atoms with van der Waals surface area (Å²) in [5, 5.41) is 3.47. The van der Waals surface area contributed by atoms with E-state index in [1.165, 1.54) is 11.1 Å². The normalized spacial score (nSPS) is 17.7. The third-order valence-electron chi connectivity index (χ3n) is 6.30. The van der Waals surface area contributed by atoms with Gasteiger partial charge in [0, 0.05) is 18.7 Å². The van der Waals surface area contributed by atoms with E-state index in [4.69, 9.17) is 14.5 Å². The standard InChI is InChI=1S/C25H25N3O3/c1-30-23-8-7-17(13-24(23)31-2)18-11-21-20(22(29)12-18)14-26-25(28-21)27-19-9-15-5-3-4-6-16(15)10-19/h3-8,13-14,18-19H,9-12H2,1-2H3,(H,26,27,28). The average molecular weight is 415 g/mol. The van der Waals surface area contributed by atoms with Gasteiger partial charge < -0.3 is 14.8 Å². The second-order valence-electron chi connectivity index (χ2n) is 8.21. The van der Waals surface area contributed by atoms with Gasteiger partial charge in [-0.15, -0.1) is 0 Å². The van der Waals surface area contributed by atoms with Gasteiger partial charge in [-0.25, -0.2) is 9.97 Å². The topological polar surface area (TPSA) is 73.3 Å². The van der Waals surface area contributed by atoms with Crippen LogP contribution in [0.15, 0.2) is 48.7 Å². The average Bonchev–Trinajstić information content (AvgIpc) is 3.20. The first kappa shape index (κ1) is 19.5. The van der Waals surface area contributed by atoms with E-state index in [1.54, 1.807) is 20.4 Å². The highest BCUT2D eigenvalue weighted by molar-refractivity contribution is 5.98. The first-order chi connectivity index (χ1) is 15.1. The molecule has 1 unspecified atom stereocenters. The number of carbonyl (C=O) groups excluding carboxylic acids is 1. The smallest absolute Gasteiger partial charge is 0.223 e. The summed E-state index contributed by atoms with van der Waals surface area (Å²) in [6, 6.07) is 14.6. The molecule has 1 N–H and O–H groups in total. The van der Waals surface area contributed by atoms with Crippen molar-refractivity contribution in [3.8, 4) is 11.5 Å². The molecule has 0 fully saturated rings. The van der Waals surface area contributed by atoms with E-state index in [0.717, 1.165) is 24.1 Å². The second kappa shape index (κ2) is 8.02. The predicted molar refractivity (Wildman–Crippen MR) is 118 cm³/mol. The van der Waals surface area contributed by atoms with E-state index in [0.29, 0.717) is 35.9 Å². The predicted octanol–water partition coefficient (Wildman–Crippen LogP) is 3.99. The molecule has 0 amide bonds. The lowest BCUT2D eigenvalue weighted by atomic mass is 9.82. The van der Waals surface area contributed by atoms with Crippen LogP contribution in [0, 0.1) is 0 Å². The van der Waals surface area contributed by atoms with Crippen LogP contribution >= 0.6 is 0 Å². The molecule has 0 aliphatic heterocycles. The van der Waals surface area contributed by atoms with Crippen LogP contribution in [0.4, 0.5) is 5.95 Å². The van der Waals surface area contributed by atoms with Gasteiger partial charge in [0.15, 0.2) is 17.3 Å². The van der Waals surface area contributed by atoms with Crippen molar-refractivity contribution in [3.05, 3.63) is 76.6 Å². The number of benzene rings is 2. The zero-order valence-corrected chi connectivity index (χ0v) is 17.7. The molecule has 2 aliphatic carbocycles. The number of hydrogen-bond donors (Lipinski definition) is 1. The fourth-order valence-corrected chi connectivity index (χ4v) is 4.70. The highest BCUT2D eigenvalue weighted by Crippen LogP contribution is 2.36. The first-order valence-electron chi connectivity index (χ1n) is 10.6. The lowest BCUT2D eigenvalue weighted by molar-refractivity contribution is 0.0962. The number of anilines is 1. The van der Waals surface area contributed by atoms with E-state index < -0.39 is 0 Å². The minimum absolute atomic E-state index is 0.0540. The molecule has 31 heavy (non-hydrogen) atoms. The molecule has 5 rings (SSSR count). The summed E-state index contributed by atoms with van der Waals surface area (Å²) in [6.07, 6.45) is 4.74. The monoisotopic (exact) mass is 415 g/mol. The van der Waals surface area contributed by atoms with E-state index in [-0.39, 0.29) is 17.7 Å². The Labute approximate surface area is 181 Å². The number of rotatable bonds is 5. The Kier molecular flexibility index (Phi) is 5.06. The summed E-state index contributed by atoms with van der Waals surface area (Å²) >= 11 is 0. The number of carbonyl (C=O) groups is 1. The highest BCUT2D eigenvalue weighted by Gasteiger charge is 2.29. The molecule has 2 aliphatic rings. The minimum atomic E-state index is 0.0540. The molecule has 1 atom stereocenters. The Morgan fingerprint density at radius 1 is 0.935 bits per heavy atom. The third-order valence-corrected chi connectivity index (χ3v) is 6.30. The van der Waals surface area contributed by atoms with Gasteiger partial charge in [0.2, 0.25) is 5.95 Å². The van der Waals surface area contributed by atoms with Crippen molar-refractivity contribution in [2.75, 3.05) is 19.5 Å². The van der Waals surface area contributed by atoms with Crippen molar-refractivity contribution in [2.24, 2.45) is 0 Å². The Morgan fingerprint density at radius 2 is 1.68 bits per heavy atom. The van der Waals surface area contributed by atoms with Gasteiger partial charge in [-0.05, 0) is 54.0 Å². The van der Waals surface area contributed by atoms with Crippen molar-refractivity contribution in [1.29, 1.82) is 0 Å². The fraction of sp³-hybridized carbons (Fsp3) is 0.320. The highest BCUT2D eigenvalue weighted by atomic mass is 16.5. The van der Waals surface area contributed by atoms with E-state index in [9.17, 15) is 4.79 Å². The summed E-state index contributed by atoms with van der Waals surface area (Å²) in [5.41, 5.74) is 5.25. The number of Topliss-reactive ketones (excluding diaryl/α,β-unsaturated/α-hetero) is 1. The molecule has 0 bridgehead atoms. The van der Waals surface area contributed by atoms with Crippen LogP contribution in [0.1, 0.15) is 45.1 Å². The number of hydrogen-bond acceptors (Lipinski definition) is 6. The van der Waals surface area contributed by atoms with Gasteiger partial charge in [-0.1, -0.05) is 30.3 Å². The van der Waals surface area contributed by atoms with Crippen LogP contribution in [0.5, 0.6) is 11.5 Å². The SMILES string of the molecule is COc1ccc(C2CC(=O)c3cnc(NC4Cc5ccccc5C4)nc3C2)cc1OC. The summed E-state index contributed by atoms with van der Waals surface area (Å²) < 4.78 is 10.8. The minimum Gasteiger partial charge on any atom is -0.493 e. The van der Waals surface area contributed by atoms with Gasteiger partial charge >= 0.3 is 0 Å². The van der Waals surface area contributed by atoms with Crippen molar-refractivity contribution in [3.63, 3.8) is 0 Å². The molecule has 0 saturated carbocycles.